The topological polar surface area (TPSA) is 80.5 Å². The van der Waals surface area contributed by atoms with Crippen molar-refractivity contribution < 1.29 is 13.9 Å². The lowest BCUT2D eigenvalue weighted by Crippen LogP contribution is -2.30. The molecule has 8 heteroatoms. The van der Waals surface area contributed by atoms with E-state index >= 15 is 0 Å². The van der Waals surface area contributed by atoms with E-state index in [4.69, 9.17) is 20.8 Å². The summed E-state index contributed by atoms with van der Waals surface area (Å²) in [7, 11) is 3.51. The first-order chi connectivity index (χ1) is 9.95. The van der Waals surface area contributed by atoms with Crippen LogP contribution in [-0.4, -0.2) is 36.3 Å². The van der Waals surface area contributed by atoms with Gasteiger partial charge in [-0.1, -0.05) is 27.9 Å². The van der Waals surface area contributed by atoms with Gasteiger partial charge in [-0.25, -0.2) is 0 Å². The molecule has 21 heavy (non-hydrogen) atoms. The van der Waals surface area contributed by atoms with Crippen LogP contribution in [0, 0.1) is 0 Å². The second-order valence-electron chi connectivity index (χ2n) is 4.49. The molecule has 0 fully saturated rings. The average molecular weight is 311 g/mol. The molecule has 1 aromatic heterocycles. The standard InChI is InChI=1S/C13H15ClN4O3/c1-8(20-10-6-4-5-9(14)7-10)11(19)15-12-16-17-13(21-12)18(2)3/h4-8H,1-3H3,(H,15,16,19). The predicted molar refractivity (Wildman–Crippen MR) is 78.8 cm³/mol. The maximum Gasteiger partial charge on any atom is 0.323 e. The van der Waals surface area contributed by atoms with Crippen LogP contribution in [0.25, 0.3) is 0 Å². The lowest BCUT2D eigenvalue weighted by atomic mass is 10.3. The molecule has 0 saturated heterocycles. The number of nitrogens with one attached hydrogen (secondary N) is 1. The van der Waals surface area contributed by atoms with E-state index in [0.29, 0.717) is 16.8 Å². The number of ether oxygens (including phenoxy) is 1. The average Bonchev–Trinajstić information content (AvgIpc) is 2.87. The summed E-state index contributed by atoms with van der Waals surface area (Å²) in [5.41, 5.74) is 0. The summed E-state index contributed by atoms with van der Waals surface area (Å²) in [5.74, 6) is 0.105. The van der Waals surface area contributed by atoms with Crippen LogP contribution in [0.4, 0.5) is 12.0 Å². The zero-order valence-corrected chi connectivity index (χ0v) is 12.6. The minimum atomic E-state index is -0.738. The van der Waals surface area contributed by atoms with E-state index in [1.165, 1.54) is 0 Å². The van der Waals surface area contributed by atoms with Gasteiger partial charge < -0.3 is 14.1 Å². The zero-order chi connectivity index (χ0) is 15.4. The maximum atomic E-state index is 12.0. The fraction of sp³-hybridized carbons (Fsp3) is 0.308. The van der Waals surface area contributed by atoms with E-state index < -0.39 is 12.0 Å². The van der Waals surface area contributed by atoms with Gasteiger partial charge in [0, 0.05) is 19.1 Å². The molecule has 1 unspecified atom stereocenters. The van der Waals surface area contributed by atoms with Crippen LogP contribution in [0.1, 0.15) is 6.92 Å². The number of hydrogen-bond acceptors (Lipinski definition) is 6. The molecule has 0 aliphatic rings. The molecule has 0 aliphatic carbocycles. The van der Waals surface area contributed by atoms with Crippen molar-refractivity contribution in [2.45, 2.75) is 13.0 Å². The van der Waals surface area contributed by atoms with Crippen molar-refractivity contribution in [3.05, 3.63) is 29.3 Å². The van der Waals surface area contributed by atoms with Crippen LogP contribution in [0.5, 0.6) is 5.75 Å². The Kier molecular flexibility index (Phi) is 4.64. The van der Waals surface area contributed by atoms with Gasteiger partial charge in [0.1, 0.15) is 5.75 Å². The summed E-state index contributed by atoms with van der Waals surface area (Å²) in [6.45, 7) is 1.61. The molecule has 0 saturated carbocycles. The number of carbonyl (C=O) groups excluding carboxylic acids is 1. The molecule has 0 spiro atoms. The molecule has 1 aromatic carbocycles. The van der Waals surface area contributed by atoms with Crippen molar-refractivity contribution in [1.82, 2.24) is 10.2 Å². The quantitative estimate of drug-likeness (QED) is 0.912. The number of hydrogen-bond donors (Lipinski definition) is 1. The molecule has 1 N–H and O–H groups in total. The lowest BCUT2D eigenvalue weighted by Gasteiger charge is -2.13. The molecule has 0 aliphatic heterocycles. The monoisotopic (exact) mass is 310 g/mol. The lowest BCUT2D eigenvalue weighted by molar-refractivity contribution is -0.122. The Bertz CT molecular complexity index is 629. The van der Waals surface area contributed by atoms with Gasteiger partial charge in [0.05, 0.1) is 0 Å². The maximum absolute atomic E-state index is 12.0. The number of rotatable bonds is 5. The van der Waals surface area contributed by atoms with Crippen LogP contribution in [0.2, 0.25) is 5.02 Å². The van der Waals surface area contributed by atoms with Crippen molar-refractivity contribution in [1.29, 1.82) is 0 Å². The third-order valence-electron chi connectivity index (χ3n) is 2.51. The Morgan fingerprint density at radius 3 is 2.81 bits per heavy atom. The van der Waals surface area contributed by atoms with E-state index in [1.54, 1.807) is 50.2 Å². The molecule has 0 radical (unpaired) electrons. The van der Waals surface area contributed by atoms with Gasteiger partial charge in [-0.15, -0.1) is 0 Å². The second-order valence-corrected chi connectivity index (χ2v) is 4.93. The summed E-state index contributed by atoms with van der Waals surface area (Å²) in [4.78, 5) is 13.6. The van der Waals surface area contributed by atoms with Gasteiger partial charge >= 0.3 is 12.0 Å². The minimum Gasteiger partial charge on any atom is -0.481 e. The van der Waals surface area contributed by atoms with Gasteiger partial charge in [-0.3, -0.25) is 10.1 Å². The first-order valence-electron chi connectivity index (χ1n) is 6.19. The number of halogens is 1. The first kappa shape index (κ1) is 15.1. The van der Waals surface area contributed by atoms with Gasteiger partial charge in [0.25, 0.3) is 5.91 Å². The highest BCUT2D eigenvalue weighted by Crippen LogP contribution is 2.19. The third-order valence-corrected chi connectivity index (χ3v) is 2.74. The summed E-state index contributed by atoms with van der Waals surface area (Å²) >= 11 is 5.85. The molecule has 112 valence electrons. The number of anilines is 2. The molecule has 7 nitrogen and oxygen atoms in total. The Hall–Kier alpha value is -2.28. The Morgan fingerprint density at radius 1 is 1.43 bits per heavy atom. The number of carbonyl (C=O) groups is 1. The molecule has 1 amide bonds. The molecular weight excluding hydrogens is 296 g/mol. The van der Waals surface area contributed by atoms with E-state index in [2.05, 4.69) is 15.5 Å². The highest BCUT2D eigenvalue weighted by Gasteiger charge is 2.18. The van der Waals surface area contributed by atoms with Crippen molar-refractivity contribution in [2.24, 2.45) is 0 Å². The smallest absolute Gasteiger partial charge is 0.323 e. The van der Waals surface area contributed by atoms with E-state index in [-0.39, 0.29) is 6.01 Å². The third kappa shape index (κ3) is 4.09. The van der Waals surface area contributed by atoms with E-state index in [0.717, 1.165) is 0 Å². The SMILES string of the molecule is CC(Oc1cccc(Cl)c1)C(=O)Nc1nnc(N(C)C)o1. The van der Waals surface area contributed by atoms with Crippen LogP contribution >= 0.6 is 11.6 Å². The molecular formula is C13H15ClN4O3. The normalized spacial score (nSPS) is 11.8. The van der Waals surface area contributed by atoms with Gasteiger partial charge in [-0.05, 0) is 25.1 Å². The number of nitrogens with zero attached hydrogens (tertiary/aromatic N) is 3. The van der Waals surface area contributed by atoms with Crippen molar-refractivity contribution in [3.8, 4) is 5.75 Å². The summed E-state index contributed by atoms with van der Waals surface area (Å²) in [5, 5.41) is 10.5. The van der Waals surface area contributed by atoms with Gasteiger partial charge in [0.2, 0.25) is 0 Å². The molecule has 1 heterocycles. The van der Waals surface area contributed by atoms with Crippen LogP contribution in [0.3, 0.4) is 0 Å². The Balaban J connectivity index is 1.95. The zero-order valence-electron chi connectivity index (χ0n) is 11.8. The highest BCUT2D eigenvalue weighted by molar-refractivity contribution is 6.30. The summed E-state index contributed by atoms with van der Waals surface area (Å²) in [6.07, 6.45) is -0.738. The minimum absolute atomic E-state index is 0.0187. The summed E-state index contributed by atoms with van der Waals surface area (Å²) < 4.78 is 10.7. The van der Waals surface area contributed by atoms with E-state index in [9.17, 15) is 4.79 Å². The number of aromatic nitrogens is 2. The van der Waals surface area contributed by atoms with Crippen molar-refractivity contribution in [3.63, 3.8) is 0 Å². The summed E-state index contributed by atoms with van der Waals surface area (Å²) in [6, 6.07) is 7.12. The predicted octanol–water partition coefficient (Wildman–Crippen LogP) is 2.19. The van der Waals surface area contributed by atoms with Crippen LogP contribution in [0.15, 0.2) is 28.7 Å². The molecule has 0 bridgehead atoms. The molecule has 2 aromatic rings. The van der Waals surface area contributed by atoms with Crippen LogP contribution in [-0.2, 0) is 4.79 Å². The fourth-order valence-corrected chi connectivity index (χ4v) is 1.63. The van der Waals surface area contributed by atoms with E-state index in [1.807, 2.05) is 0 Å². The molecule has 2 rings (SSSR count). The fourth-order valence-electron chi connectivity index (χ4n) is 1.45. The first-order valence-corrected chi connectivity index (χ1v) is 6.57. The molecule has 1 atom stereocenters. The van der Waals surface area contributed by atoms with Crippen LogP contribution < -0.4 is 15.0 Å². The largest absolute Gasteiger partial charge is 0.481 e. The number of benzene rings is 1. The van der Waals surface area contributed by atoms with Crippen molar-refractivity contribution in [2.75, 3.05) is 24.3 Å². The Labute approximate surface area is 126 Å². The Morgan fingerprint density at radius 2 is 2.19 bits per heavy atom. The highest BCUT2D eigenvalue weighted by atomic mass is 35.5. The van der Waals surface area contributed by atoms with Crippen molar-refractivity contribution >= 4 is 29.5 Å². The van der Waals surface area contributed by atoms with Gasteiger partial charge in [-0.2, -0.15) is 0 Å². The second kappa shape index (κ2) is 6.45. The van der Waals surface area contributed by atoms with Gasteiger partial charge in [0.15, 0.2) is 6.10 Å². The number of amides is 1.